The first kappa shape index (κ1) is 19.7. The molecule has 3 N–H and O–H groups in total. The van der Waals surface area contributed by atoms with E-state index < -0.39 is 10.8 Å². The third kappa shape index (κ3) is 6.67. The van der Waals surface area contributed by atoms with Crippen LogP contribution in [0.5, 0.6) is 0 Å². The largest absolute Gasteiger partial charge is 0.332 e. The van der Waals surface area contributed by atoms with Crippen LogP contribution in [0.25, 0.3) is 6.08 Å². The van der Waals surface area contributed by atoms with Gasteiger partial charge >= 0.3 is 0 Å². The number of amides is 2. The maximum absolute atomic E-state index is 11.9. The molecule has 0 aromatic heterocycles. The van der Waals surface area contributed by atoms with E-state index in [0.717, 1.165) is 0 Å². The van der Waals surface area contributed by atoms with Crippen molar-refractivity contribution < 1.29 is 14.5 Å². The van der Waals surface area contributed by atoms with Crippen LogP contribution in [0.15, 0.2) is 54.6 Å². The fraction of sp³-hybridized carbons (Fsp3) is 0.0556. The maximum Gasteiger partial charge on any atom is 0.269 e. The zero-order valence-corrected chi connectivity index (χ0v) is 15.1. The molecule has 0 aliphatic rings. The van der Waals surface area contributed by atoms with Gasteiger partial charge in [0, 0.05) is 36.5 Å². The Morgan fingerprint density at radius 3 is 2.07 bits per heavy atom. The predicted molar refractivity (Wildman–Crippen MR) is 107 cm³/mol. The van der Waals surface area contributed by atoms with Crippen molar-refractivity contribution in [1.29, 1.82) is 0 Å². The van der Waals surface area contributed by atoms with E-state index in [0.29, 0.717) is 16.9 Å². The topological polar surface area (TPSA) is 113 Å². The lowest BCUT2D eigenvalue weighted by Gasteiger charge is -2.09. The van der Waals surface area contributed by atoms with Gasteiger partial charge in [-0.2, -0.15) is 0 Å². The fourth-order valence-corrected chi connectivity index (χ4v) is 2.25. The predicted octanol–water partition coefficient (Wildman–Crippen LogP) is 3.08. The summed E-state index contributed by atoms with van der Waals surface area (Å²) in [5, 5.41) is 18.7. The highest BCUT2D eigenvalue weighted by atomic mass is 32.1. The third-order valence-electron chi connectivity index (χ3n) is 3.23. The van der Waals surface area contributed by atoms with Crippen LogP contribution in [0.2, 0.25) is 0 Å². The highest BCUT2D eigenvalue weighted by Gasteiger charge is 2.04. The van der Waals surface area contributed by atoms with Crippen LogP contribution in [0.4, 0.5) is 17.1 Å². The summed E-state index contributed by atoms with van der Waals surface area (Å²) >= 11 is 5.07. The number of nitrogens with zero attached hydrogens (tertiary/aromatic N) is 1. The summed E-state index contributed by atoms with van der Waals surface area (Å²) in [6.07, 6.45) is 2.79. The number of carbonyl (C=O) groups is 2. The first-order chi connectivity index (χ1) is 12.8. The molecule has 0 unspecified atom stereocenters. The zero-order chi connectivity index (χ0) is 19.8. The van der Waals surface area contributed by atoms with Crippen LogP contribution >= 0.6 is 12.2 Å². The number of anilines is 2. The van der Waals surface area contributed by atoms with E-state index in [1.165, 1.54) is 43.3 Å². The molecule has 0 aliphatic carbocycles. The molecule has 0 fully saturated rings. The summed E-state index contributed by atoms with van der Waals surface area (Å²) in [5.74, 6) is -0.612. The fourth-order valence-electron chi connectivity index (χ4n) is 2.04. The second kappa shape index (κ2) is 9.20. The van der Waals surface area contributed by atoms with E-state index in [1.54, 1.807) is 24.3 Å². The van der Waals surface area contributed by atoms with Gasteiger partial charge in [-0.1, -0.05) is 0 Å². The summed E-state index contributed by atoms with van der Waals surface area (Å²) in [6, 6.07) is 12.6. The highest BCUT2D eigenvalue weighted by molar-refractivity contribution is 7.80. The SMILES string of the molecule is CC(=O)Nc1ccc(NC(=S)NC(=O)/C=C/c2ccc([N+](=O)[O-])cc2)cc1. The minimum atomic E-state index is -0.493. The van der Waals surface area contributed by atoms with E-state index >= 15 is 0 Å². The van der Waals surface area contributed by atoms with Crippen molar-refractivity contribution in [2.45, 2.75) is 6.92 Å². The normalized spacial score (nSPS) is 10.3. The number of hydrogen-bond acceptors (Lipinski definition) is 5. The van der Waals surface area contributed by atoms with Gasteiger partial charge in [-0.15, -0.1) is 0 Å². The molecular formula is C18H16N4O4S. The molecule has 9 heteroatoms. The lowest BCUT2D eigenvalue weighted by molar-refractivity contribution is -0.384. The van der Waals surface area contributed by atoms with Crippen molar-refractivity contribution in [3.05, 3.63) is 70.3 Å². The Morgan fingerprint density at radius 2 is 1.56 bits per heavy atom. The smallest absolute Gasteiger partial charge is 0.269 e. The molecule has 2 amide bonds. The van der Waals surface area contributed by atoms with Crippen molar-refractivity contribution in [2.75, 3.05) is 10.6 Å². The van der Waals surface area contributed by atoms with Crippen molar-refractivity contribution in [3.8, 4) is 0 Å². The molecule has 0 atom stereocenters. The lowest BCUT2D eigenvalue weighted by atomic mass is 10.2. The van der Waals surface area contributed by atoms with Crippen LogP contribution < -0.4 is 16.0 Å². The second-order valence-electron chi connectivity index (χ2n) is 5.38. The average molecular weight is 384 g/mol. The van der Waals surface area contributed by atoms with Gasteiger partial charge in [0.1, 0.15) is 0 Å². The van der Waals surface area contributed by atoms with Crippen LogP contribution in [0, 0.1) is 10.1 Å². The summed E-state index contributed by atoms with van der Waals surface area (Å²) < 4.78 is 0. The number of nitro benzene ring substituents is 1. The van der Waals surface area contributed by atoms with E-state index in [4.69, 9.17) is 12.2 Å². The Labute approximate surface area is 160 Å². The number of nitrogens with one attached hydrogen (secondary N) is 3. The van der Waals surface area contributed by atoms with Crippen LogP contribution in [0.3, 0.4) is 0 Å². The molecular weight excluding hydrogens is 368 g/mol. The van der Waals surface area contributed by atoms with Gasteiger partial charge in [0.25, 0.3) is 5.69 Å². The molecule has 0 heterocycles. The molecule has 138 valence electrons. The van der Waals surface area contributed by atoms with E-state index in [2.05, 4.69) is 16.0 Å². The van der Waals surface area contributed by atoms with Gasteiger partial charge in [0.05, 0.1) is 4.92 Å². The molecule has 0 saturated heterocycles. The summed E-state index contributed by atoms with van der Waals surface area (Å²) in [6.45, 7) is 1.42. The number of hydrogen-bond donors (Lipinski definition) is 3. The van der Waals surface area contributed by atoms with Crippen molar-refractivity contribution in [1.82, 2.24) is 5.32 Å². The number of non-ortho nitro benzene ring substituents is 1. The summed E-state index contributed by atoms with van der Waals surface area (Å²) in [4.78, 5) is 33.0. The maximum atomic E-state index is 11.9. The van der Waals surface area contributed by atoms with E-state index in [-0.39, 0.29) is 16.7 Å². The molecule has 2 aromatic rings. The molecule has 27 heavy (non-hydrogen) atoms. The Bertz CT molecular complexity index is 893. The van der Waals surface area contributed by atoms with Crippen LogP contribution in [0.1, 0.15) is 12.5 Å². The first-order valence-corrected chi connectivity index (χ1v) is 8.16. The number of nitro groups is 1. The molecule has 0 spiro atoms. The standard InChI is InChI=1S/C18H16N4O4S/c1-12(23)19-14-5-7-15(8-6-14)20-18(27)21-17(24)11-4-13-2-9-16(10-3-13)22(25)26/h2-11H,1H3,(H,19,23)(H2,20,21,24,27)/b11-4+. The molecule has 0 aliphatic heterocycles. The van der Waals surface area contributed by atoms with E-state index in [1.807, 2.05) is 0 Å². The first-order valence-electron chi connectivity index (χ1n) is 7.75. The van der Waals surface area contributed by atoms with Gasteiger partial charge in [-0.05, 0) is 60.3 Å². The molecule has 2 aromatic carbocycles. The molecule has 8 nitrogen and oxygen atoms in total. The van der Waals surface area contributed by atoms with Gasteiger partial charge in [-0.25, -0.2) is 0 Å². The Kier molecular flexibility index (Phi) is 6.73. The van der Waals surface area contributed by atoms with Crippen molar-refractivity contribution in [3.63, 3.8) is 0 Å². The monoisotopic (exact) mass is 384 g/mol. The lowest BCUT2D eigenvalue weighted by Crippen LogP contribution is -2.32. The molecule has 0 saturated carbocycles. The third-order valence-corrected chi connectivity index (χ3v) is 3.44. The van der Waals surface area contributed by atoms with Gasteiger partial charge in [0.2, 0.25) is 11.8 Å². The second-order valence-corrected chi connectivity index (χ2v) is 5.79. The summed E-state index contributed by atoms with van der Waals surface area (Å²) in [5.41, 5.74) is 1.91. The Morgan fingerprint density at radius 1 is 1.00 bits per heavy atom. The van der Waals surface area contributed by atoms with E-state index in [9.17, 15) is 19.7 Å². The Hall–Kier alpha value is -3.59. The van der Waals surface area contributed by atoms with Crippen LogP contribution in [-0.4, -0.2) is 21.9 Å². The number of carbonyl (C=O) groups excluding carboxylic acids is 2. The Balaban J connectivity index is 1.86. The van der Waals surface area contributed by atoms with Crippen molar-refractivity contribution >= 4 is 52.3 Å². The summed E-state index contributed by atoms with van der Waals surface area (Å²) in [7, 11) is 0. The minimum Gasteiger partial charge on any atom is -0.332 e. The molecule has 0 bridgehead atoms. The van der Waals surface area contributed by atoms with Gasteiger partial charge < -0.3 is 10.6 Å². The number of benzene rings is 2. The number of rotatable bonds is 5. The quantitative estimate of drug-likeness (QED) is 0.316. The highest BCUT2D eigenvalue weighted by Crippen LogP contribution is 2.14. The molecule has 0 radical (unpaired) electrons. The van der Waals surface area contributed by atoms with Gasteiger partial charge in [0.15, 0.2) is 5.11 Å². The van der Waals surface area contributed by atoms with Gasteiger partial charge in [-0.3, -0.25) is 25.0 Å². The minimum absolute atomic E-state index is 0.0218. The number of thiocarbonyl (C=S) groups is 1. The van der Waals surface area contributed by atoms with Crippen molar-refractivity contribution in [2.24, 2.45) is 0 Å². The molecule has 2 rings (SSSR count). The zero-order valence-electron chi connectivity index (χ0n) is 14.3. The van der Waals surface area contributed by atoms with Crippen LogP contribution in [-0.2, 0) is 9.59 Å². The average Bonchev–Trinajstić information content (AvgIpc) is 2.61.